The SMILES string of the molecule is Cc1cccc(-c2nc(CSCC(=O)N[C@H]3CCCC[C@H]3C)c(C)o2)c1. The predicted molar refractivity (Wildman–Crippen MR) is 107 cm³/mol. The number of aryl methyl sites for hydroxylation is 2. The van der Waals surface area contributed by atoms with Crippen LogP contribution in [-0.4, -0.2) is 22.7 Å². The number of thioether (sulfide) groups is 1. The van der Waals surface area contributed by atoms with Gasteiger partial charge in [0, 0.05) is 17.4 Å². The summed E-state index contributed by atoms with van der Waals surface area (Å²) in [5.74, 6) is 3.36. The summed E-state index contributed by atoms with van der Waals surface area (Å²) in [5.41, 5.74) is 3.10. The number of nitrogens with zero attached hydrogens (tertiary/aromatic N) is 1. The van der Waals surface area contributed by atoms with Crippen LogP contribution in [0.5, 0.6) is 0 Å². The van der Waals surface area contributed by atoms with E-state index in [2.05, 4.69) is 36.3 Å². The molecule has 1 aromatic heterocycles. The predicted octanol–water partition coefficient (Wildman–Crippen LogP) is 4.89. The molecule has 4 nitrogen and oxygen atoms in total. The Kier molecular flexibility index (Phi) is 6.41. The molecule has 3 rings (SSSR count). The van der Waals surface area contributed by atoms with Crippen molar-refractivity contribution in [1.29, 1.82) is 0 Å². The Morgan fingerprint density at radius 1 is 1.31 bits per heavy atom. The third-order valence-electron chi connectivity index (χ3n) is 5.09. The van der Waals surface area contributed by atoms with Crippen LogP contribution in [0.15, 0.2) is 28.7 Å². The fraction of sp³-hybridized carbons (Fsp3) is 0.524. The van der Waals surface area contributed by atoms with Gasteiger partial charge in [-0.3, -0.25) is 4.79 Å². The van der Waals surface area contributed by atoms with Crippen LogP contribution < -0.4 is 5.32 Å². The lowest BCUT2D eigenvalue weighted by Crippen LogP contribution is -2.41. The number of aromatic nitrogens is 1. The van der Waals surface area contributed by atoms with Gasteiger partial charge in [0.05, 0.1) is 11.4 Å². The smallest absolute Gasteiger partial charge is 0.230 e. The number of hydrogen-bond donors (Lipinski definition) is 1. The molecule has 1 amide bonds. The number of oxazole rings is 1. The van der Waals surface area contributed by atoms with Crippen LogP contribution in [0.4, 0.5) is 0 Å². The fourth-order valence-corrected chi connectivity index (χ4v) is 4.32. The Hall–Kier alpha value is -1.75. The minimum atomic E-state index is 0.133. The van der Waals surface area contributed by atoms with E-state index in [9.17, 15) is 4.79 Å². The minimum Gasteiger partial charge on any atom is -0.441 e. The maximum atomic E-state index is 12.2. The molecule has 0 saturated heterocycles. The van der Waals surface area contributed by atoms with E-state index in [1.807, 2.05) is 19.1 Å². The molecule has 1 aliphatic rings. The number of carbonyl (C=O) groups excluding carboxylic acids is 1. The third-order valence-corrected chi connectivity index (χ3v) is 6.03. The van der Waals surface area contributed by atoms with Crippen LogP contribution >= 0.6 is 11.8 Å². The van der Waals surface area contributed by atoms with E-state index in [0.717, 1.165) is 23.4 Å². The molecule has 0 spiro atoms. The van der Waals surface area contributed by atoms with Crippen molar-refractivity contribution < 1.29 is 9.21 Å². The summed E-state index contributed by atoms with van der Waals surface area (Å²) >= 11 is 1.60. The highest BCUT2D eigenvalue weighted by Gasteiger charge is 2.22. The highest BCUT2D eigenvalue weighted by molar-refractivity contribution is 7.99. The normalized spacial score (nSPS) is 20.1. The van der Waals surface area contributed by atoms with Crippen LogP contribution in [0.3, 0.4) is 0 Å². The van der Waals surface area contributed by atoms with Gasteiger partial charge >= 0.3 is 0 Å². The minimum absolute atomic E-state index is 0.133. The quantitative estimate of drug-likeness (QED) is 0.785. The lowest BCUT2D eigenvalue weighted by molar-refractivity contribution is -0.119. The summed E-state index contributed by atoms with van der Waals surface area (Å²) in [7, 11) is 0. The van der Waals surface area contributed by atoms with Crippen molar-refractivity contribution in [3.05, 3.63) is 41.3 Å². The van der Waals surface area contributed by atoms with E-state index in [1.54, 1.807) is 11.8 Å². The molecule has 2 aromatic rings. The van der Waals surface area contributed by atoms with Crippen molar-refractivity contribution in [2.45, 2.75) is 58.2 Å². The number of hydrogen-bond acceptors (Lipinski definition) is 4. The first kappa shape index (κ1) is 19.0. The van der Waals surface area contributed by atoms with Crippen molar-refractivity contribution in [2.24, 2.45) is 5.92 Å². The molecule has 0 radical (unpaired) electrons. The molecule has 0 bridgehead atoms. The van der Waals surface area contributed by atoms with E-state index < -0.39 is 0 Å². The first-order chi connectivity index (χ1) is 12.5. The van der Waals surface area contributed by atoms with Gasteiger partial charge in [0.25, 0.3) is 0 Å². The second-order valence-corrected chi connectivity index (χ2v) is 8.31. The van der Waals surface area contributed by atoms with Gasteiger partial charge in [-0.25, -0.2) is 4.98 Å². The number of rotatable bonds is 6. The first-order valence-corrected chi connectivity index (χ1v) is 10.6. The van der Waals surface area contributed by atoms with Crippen molar-refractivity contribution in [3.63, 3.8) is 0 Å². The topological polar surface area (TPSA) is 55.1 Å². The molecular formula is C21H28N2O2S. The summed E-state index contributed by atoms with van der Waals surface area (Å²) in [6, 6.07) is 8.49. The summed E-state index contributed by atoms with van der Waals surface area (Å²) in [6.07, 6.45) is 4.84. The molecule has 1 saturated carbocycles. The Morgan fingerprint density at radius 3 is 2.88 bits per heavy atom. The highest BCUT2D eigenvalue weighted by Crippen LogP contribution is 2.26. The molecule has 1 N–H and O–H groups in total. The van der Waals surface area contributed by atoms with E-state index in [-0.39, 0.29) is 5.91 Å². The van der Waals surface area contributed by atoms with Gasteiger partial charge in [-0.05, 0) is 44.7 Å². The summed E-state index contributed by atoms with van der Waals surface area (Å²) in [5, 5.41) is 3.20. The molecule has 1 fully saturated rings. The average Bonchev–Trinajstić information content (AvgIpc) is 2.98. The molecule has 1 heterocycles. The van der Waals surface area contributed by atoms with Gasteiger partial charge < -0.3 is 9.73 Å². The van der Waals surface area contributed by atoms with Gasteiger partial charge in [-0.1, -0.05) is 37.5 Å². The molecular weight excluding hydrogens is 344 g/mol. The maximum absolute atomic E-state index is 12.2. The first-order valence-electron chi connectivity index (χ1n) is 9.43. The standard InChI is InChI=1S/C21H28N2O2S/c1-14-7-6-9-17(11-14)21-23-19(16(3)25-21)12-26-13-20(24)22-18-10-5-4-8-15(18)2/h6-7,9,11,15,18H,4-5,8,10,12-13H2,1-3H3,(H,22,24)/t15-,18+/m1/s1. The largest absolute Gasteiger partial charge is 0.441 e. The Bertz CT molecular complexity index is 756. The molecule has 140 valence electrons. The molecule has 26 heavy (non-hydrogen) atoms. The molecule has 0 aliphatic heterocycles. The zero-order valence-corrected chi connectivity index (χ0v) is 16.7. The van der Waals surface area contributed by atoms with Crippen LogP contribution in [0, 0.1) is 19.8 Å². The fourth-order valence-electron chi connectivity index (χ4n) is 3.48. The van der Waals surface area contributed by atoms with E-state index in [0.29, 0.717) is 29.4 Å². The summed E-state index contributed by atoms with van der Waals surface area (Å²) in [6.45, 7) is 6.23. The lowest BCUT2D eigenvalue weighted by Gasteiger charge is -2.29. The highest BCUT2D eigenvalue weighted by atomic mass is 32.2. The monoisotopic (exact) mass is 372 g/mol. The number of nitrogens with one attached hydrogen (secondary N) is 1. The van der Waals surface area contributed by atoms with Gasteiger partial charge in [0.1, 0.15) is 5.76 Å². The van der Waals surface area contributed by atoms with Gasteiger partial charge in [0.15, 0.2) is 0 Å². The van der Waals surface area contributed by atoms with Crippen molar-refractivity contribution >= 4 is 17.7 Å². The van der Waals surface area contributed by atoms with Crippen LogP contribution in [-0.2, 0) is 10.5 Å². The Balaban J connectivity index is 1.51. The summed E-state index contributed by atoms with van der Waals surface area (Å²) in [4.78, 5) is 16.8. The van der Waals surface area contributed by atoms with Crippen LogP contribution in [0.1, 0.15) is 49.6 Å². The average molecular weight is 373 g/mol. The van der Waals surface area contributed by atoms with E-state index >= 15 is 0 Å². The molecule has 1 aliphatic carbocycles. The number of carbonyl (C=O) groups is 1. The van der Waals surface area contributed by atoms with Gasteiger partial charge in [-0.2, -0.15) is 0 Å². The zero-order chi connectivity index (χ0) is 18.5. The maximum Gasteiger partial charge on any atom is 0.230 e. The third kappa shape index (κ3) is 4.91. The van der Waals surface area contributed by atoms with E-state index in [1.165, 1.54) is 24.8 Å². The zero-order valence-electron chi connectivity index (χ0n) is 15.9. The van der Waals surface area contributed by atoms with Gasteiger partial charge in [0.2, 0.25) is 11.8 Å². The summed E-state index contributed by atoms with van der Waals surface area (Å²) < 4.78 is 5.82. The molecule has 5 heteroatoms. The second-order valence-electron chi connectivity index (χ2n) is 7.32. The molecule has 2 atom stereocenters. The Labute approximate surface area is 160 Å². The van der Waals surface area contributed by atoms with Crippen LogP contribution in [0.25, 0.3) is 11.5 Å². The second kappa shape index (κ2) is 8.76. The van der Waals surface area contributed by atoms with E-state index in [4.69, 9.17) is 4.42 Å². The number of amides is 1. The van der Waals surface area contributed by atoms with Crippen LogP contribution in [0.2, 0.25) is 0 Å². The number of benzene rings is 1. The lowest BCUT2D eigenvalue weighted by atomic mass is 9.86. The van der Waals surface area contributed by atoms with Crippen molar-refractivity contribution in [1.82, 2.24) is 10.3 Å². The van der Waals surface area contributed by atoms with Crippen molar-refractivity contribution in [3.8, 4) is 11.5 Å². The van der Waals surface area contributed by atoms with Gasteiger partial charge in [-0.15, -0.1) is 11.8 Å². The Morgan fingerprint density at radius 2 is 2.12 bits per heavy atom. The van der Waals surface area contributed by atoms with Crippen molar-refractivity contribution in [2.75, 3.05) is 5.75 Å². The molecule has 1 aromatic carbocycles. The molecule has 0 unspecified atom stereocenters.